The number of hydrogen-bond donors (Lipinski definition) is 0. The van der Waals surface area contributed by atoms with Crippen LogP contribution in [0, 0.1) is 13.8 Å². The molecule has 3 rings (SSSR count). The summed E-state index contributed by atoms with van der Waals surface area (Å²) >= 11 is 0. The van der Waals surface area contributed by atoms with Gasteiger partial charge in [0.2, 0.25) is 0 Å². The van der Waals surface area contributed by atoms with Gasteiger partial charge < -0.3 is 9.47 Å². The van der Waals surface area contributed by atoms with Crippen LogP contribution in [0.25, 0.3) is 5.78 Å². The predicted octanol–water partition coefficient (Wildman–Crippen LogP) is 1.81. The Morgan fingerprint density at radius 2 is 1.88 bits per heavy atom. The van der Waals surface area contributed by atoms with Crippen LogP contribution in [0.5, 0.6) is 0 Å². The molecule has 0 amide bonds. The number of nitrogens with zero attached hydrogens (tertiary/aromatic N) is 4. The van der Waals surface area contributed by atoms with Gasteiger partial charge in [0.05, 0.1) is 19.1 Å². The predicted molar refractivity (Wildman–Crippen MR) is 91.5 cm³/mol. The molecule has 8 nitrogen and oxygen atoms in total. The second-order valence-corrected chi connectivity index (χ2v) is 5.76. The van der Waals surface area contributed by atoms with E-state index in [2.05, 4.69) is 19.8 Å². The number of ether oxygens (including phenoxy) is 2. The van der Waals surface area contributed by atoms with E-state index in [0.717, 1.165) is 22.5 Å². The monoisotopic (exact) mass is 354 g/mol. The summed E-state index contributed by atoms with van der Waals surface area (Å²) in [4.78, 5) is 32.0. The highest BCUT2D eigenvalue weighted by atomic mass is 16.5. The van der Waals surface area contributed by atoms with E-state index >= 15 is 0 Å². The number of rotatable bonds is 5. The van der Waals surface area contributed by atoms with Crippen molar-refractivity contribution in [1.82, 2.24) is 19.6 Å². The van der Waals surface area contributed by atoms with Crippen molar-refractivity contribution < 1.29 is 19.1 Å². The molecule has 2 aromatic heterocycles. The first-order valence-electron chi connectivity index (χ1n) is 7.98. The minimum Gasteiger partial charge on any atom is -0.465 e. The summed E-state index contributed by atoms with van der Waals surface area (Å²) in [6, 6.07) is 6.70. The third-order valence-corrected chi connectivity index (χ3v) is 4.08. The second-order valence-electron chi connectivity index (χ2n) is 5.76. The fourth-order valence-electron chi connectivity index (χ4n) is 2.63. The fourth-order valence-corrected chi connectivity index (χ4v) is 2.63. The van der Waals surface area contributed by atoms with E-state index in [1.807, 2.05) is 13.8 Å². The van der Waals surface area contributed by atoms with E-state index in [-0.39, 0.29) is 19.0 Å². The molecule has 0 unspecified atom stereocenters. The van der Waals surface area contributed by atoms with E-state index < -0.39 is 5.97 Å². The van der Waals surface area contributed by atoms with Crippen molar-refractivity contribution in [2.45, 2.75) is 26.9 Å². The molecule has 2 heterocycles. The van der Waals surface area contributed by atoms with Gasteiger partial charge in [-0.25, -0.2) is 14.3 Å². The van der Waals surface area contributed by atoms with Crippen LogP contribution in [0.3, 0.4) is 0 Å². The topological polar surface area (TPSA) is 95.7 Å². The molecule has 0 saturated carbocycles. The third-order valence-electron chi connectivity index (χ3n) is 4.08. The Hall–Kier alpha value is -3.29. The molecule has 26 heavy (non-hydrogen) atoms. The summed E-state index contributed by atoms with van der Waals surface area (Å²) in [5.74, 6) is -0.271. The standard InChI is InChI=1S/C18H18N4O4/c1-11-15(12(2)22-18(21-11)19-10-20-22)8-16(23)26-9-13-4-6-14(7-5-13)17(24)25-3/h4-7,10H,8-9H2,1-3H3. The van der Waals surface area contributed by atoms with Gasteiger partial charge in [0.25, 0.3) is 5.78 Å². The quantitative estimate of drug-likeness (QED) is 0.645. The van der Waals surface area contributed by atoms with Crippen LogP contribution in [0.4, 0.5) is 0 Å². The molecule has 0 aliphatic heterocycles. The molecule has 0 spiro atoms. The van der Waals surface area contributed by atoms with Gasteiger partial charge in [0.1, 0.15) is 12.9 Å². The Labute approximate surface area is 149 Å². The minimum absolute atomic E-state index is 0.0979. The molecule has 0 aliphatic rings. The highest BCUT2D eigenvalue weighted by Gasteiger charge is 2.15. The molecule has 0 saturated heterocycles. The summed E-state index contributed by atoms with van der Waals surface area (Å²) in [5.41, 5.74) is 3.53. The molecule has 3 aromatic rings. The Morgan fingerprint density at radius 1 is 1.15 bits per heavy atom. The van der Waals surface area contributed by atoms with Gasteiger partial charge in [0, 0.05) is 17.0 Å². The van der Waals surface area contributed by atoms with Gasteiger partial charge in [-0.15, -0.1) is 0 Å². The first-order chi connectivity index (χ1) is 12.5. The summed E-state index contributed by atoms with van der Waals surface area (Å²) in [7, 11) is 1.33. The van der Waals surface area contributed by atoms with Crippen LogP contribution in [0.1, 0.15) is 32.9 Å². The van der Waals surface area contributed by atoms with Crippen molar-refractivity contribution in [3.05, 3.63) is 58.7 Å². The van der Waals surface area contributed by atoms with Crippen molar-refractivity contribution in [2.24, 2.45) is 0 Å². The number of carbonyl (C=O) groups is 2. The molecule has 0 radical (unpaired) electrons. The Kier molecular flexibility index (Phi) is 4.92. The number of fused-ring (bicyclic) bond motifs is 1. The van der Waals surface area contributed by atoms with Crippen molar-refractivity contribution in [3.8, 4) is 0 Å². The summed E-state index contributed by atoms with van der Waals surface area (Å²) < 4.78 is 11.6. The molecule has 0 bridgehead atoms. The molecule has 0 N–H and O–H groups in total. The van der Waals surface area contributed by atoms with Crippen LogP contribution in [0.2, 0.25) is 0 Å². The number of aryl methyl sites for hydroxylation is 2. The van der Waals surface area contributed by atoms with Gasteiger partial charge in [-0.3, -0.25) is 4.79 Å². The maximum atomic E-state index is 12.2. The Balaban J connectivity index is 1.65. The van der Waals surface area contributed by atoms with Crippen LogP contribution < -0.4 is 0 Å². The summed E-state index contributed by atoms with van der Waals surface area (Å²) in [6.07, 6.45) is 1.52. The molecule has 0 atom stereocenters. The second kappa shape index (κ2) is 7.30. The van der Waals surface area contributed by atoms with Crippen molar-refractivity contribution in [2.75, 3.05) is 7.11 Å². The van der Waals surface area contributed by atoms with E-state index in [1.54, 1.807) is 28.8 Å². The van der Waals surface area contributed by atoms with Crippen LogP contribution in [-0.4, -0.2) is 38.6 Å². The number of esters is 2. The Bertz CT molecular complexity index is 963. The summed E-state index contributed by atoms with van der Waals surface area (Å²) in [5, 5.41) is 4.10. The van der Waals surface area contributed by atoms with E-state index in [0.29, 0.717) is 11.3 Å². The molecule has 1 aromatic carbocycles. The smallest absolute Gasteiger partial charge is 0.337 e. The zero-order valence-electron chi connectivity index (χ0n) is 14.7. The van der Waals surface area contributed by atoms with Crippen LogP contribution in [-0.2, 0) is 27.3 Å². The number of carbonyl (C=O) groups excluding carboxylic acids is 2. The maximum absolute atomic E-state index is 12.2. The SMILES string of the molecule is COC(=O)c1ccc(COC(=O)Cc2c(C)nc3ncnn3c2C)cc1. The zero-order chi connectivity index (χ0) is 18.7. The van der Waals surface area contributed by atoms with Crippen LogP contribution >= 0.6 is 0 Å². The number of hydrogen-bond acceptors (Lipinski definition) is 7. The number of benzene rings is 1. The first-order valence-corrected chi connectivity index (χ1v) is 7.98. The van der Waals surface area contributed by atoms with Gasteiger partial charge in [-0.05, 0) is 31.5 Å². The highest BCUT2D eigenvalue weighted by Crippen LogP contribution is 2.15. The highest BCUT2D eigenvalue weighted by molar-refractivity contribution is 5.89. The lowest BCUT2D eigenvalue weighted by molar-refractivity contribution is -0.144. The number of aromatic nitrogens is 4. The third kappa shape index (κ3) is 3.53. The largest absolute Gasteiger partial charge is 0.465 e. The maximum Gasteiger partial charge on any atom is 0.337 e. The van der Waals surface area contributed by atoms with E-state index in [1.165, 1.54) is 13.4 Å². The summed E-state index contributed by atoms with van der Waals surface area (Å²) in [6.45, 7) is 3.82. The van der Waals surface area contributed by atoms with Crippen molar-refractivity contribution >= 4 is 17.7 Å². The lowest BCUT2D eigenvalue weighted by Crippen LogP contribution is -2.13. The van der Waals surface area contributed by atoms with Gasteiger partial charge in [-0.1, -0.05) is 12.1 Å². The molecular weight excluding hydrogens is 336 g/mol. The zero-order valence-corrected chi connectivity index (χ0v) is 14.7. The number of methoxy groups -OCH3 is 1. The van der Waals surface area contributed by atoms with Crippen LogP contribution in [0.15, 0.2) is 30.6 Å². The lowest BCUT2D eigenvalue weighted by atomic mass is 10.1. The van der Waals surface area contributed by atoms with Gasteiger partial charge in [0.15, 0.2) is 0 Å². The molecule has 0 fully saturated rings. The molecule has 8 heteroatoms. The van der Waals surface area contributed by atoms with Crippen molar-refractivity contribution in [3.63, 3.8) is 0 Å². The average Bonchev–Trinajstić information content (AvgIpc) is 3.11. The molecule has 0 aliphatic carbocycles. The Morgan fingerprint density at radius 3 is 2.58 bits per heavy atom. The molecular formula is C18H18N4O4. The van der Waals surface area contributed by atoms with Crippen molar-refractivity contribution in [1.29, 1.82) is 0 Å². The first kappa shape index (κ1) is 17.5. The lowest BCUT2D eigenvalue weighted by Gasteiger charge is -2.10. The average molecular weight is 354 g/mol. The van der Waals surface area contributed by atoms with Gasteiger partial charge >= 0.3 is 11.9 Å². The minimum atomic E-state index is -0.407. The normalized spacial score (nSPS) is 10.7. The van der Waals surface area contributed by atoms with Gasteiger partial charge in [-0.2, -0.15) is 10.1 Å². The van der Waals surface area contributed by atoms with E-state index in [9.17, 15) is 9.59 Å². The molecule has 134 valence electrons. The van der Waals surface area contributed by atoms with E-state index in [4.69, 9.17) is 4.74 Å². The fraction of sp³-hybridized carbons (Fsp3) is 0.278.